The van der Waals surface area contributed by atoms with Gasteiger partial charge in [-0.1, -0.05) is 74.5 Å². The molecule has 4 aromatic carbocycles. The third-order valence-electron chi connectivity index (χ3n) is 9.83. The number of fused-ring (bicyclic) bond motifs is 7. The van der Waals surface area contributed by atoms with Crippen molar-refractivity contribution in [1.82, 2.24) is 0 Å². The minimum atomic E-state index is -5.07. The van der Waals surface area contributed by atoms with Gasteiger partial charge in [0.05, 0.1) is 6.10 Å². The van der Waals surface area contributed by atoms with E-state index in [1.165, 1.54) is 36.4 Å². The predicted molar refractivity (Wildman–Crippen MR) is 167 cm³/mol. The van der Waals surface area contributed by atoms with Gasteiger partial charge < -0.3 is 14.0 Å². The number of alkyl halides is 6. The van der Waals surface area contributed by atoms with Crippen LogP contribution in [0, 0.1) is 11.8 Å². The molecule has 0 bridgehead atoms. The van der Waals surface area contributed by atoms with Crippen molar-refractivity contribution in [2.45, 2.75) is 63.8 Å². The van der Waals surface area contributed by atoms with E-state index in [1.54, 1.807) is 24.3 Å². The SMILES string of the molecule is CC1Cc2cc(-c3ccccc3OC(F)(F)F)c3c(c2CC1C)[C@H]1c2ccccc2CC(c2ccccc2OC(F)(F)F)C1OP(=O)(O)O3. The van der Waals surface area contributed by atoms with Crippen LogP contribution in [0.2, 0.25) is 0 Å². The number of phosphoric ester groups is 1. The van der Waals surface area contributed by atoms with Gasteiger partial charge in [0.25, 0.3) is 0 Å². The van der Waals surface area contributed by atoms with Crippen molar-refractivity contribution in [3.8, 4) is 28.4 Å². The number of halogens is 6. The second-order valence-electron chi connectivity index (χ2n) is 12.9. The van der Waals surface area contributed by atoms with Crippen LogP contribution in [0.3, 0.4) is 0 Å². The van der Waals surface area contributed by atoms with E-state index in [-0.39, 0.29) is 40.7 Å². The molecule has 0 fully saturated rings. The molecule has 2 aliphatic carbocycles. The first-order valence-electron chi connectivity index (χ1n) is 15.8. The largest absolute Gasteiger partial charge is 0.573 e. The third kappa shape index (κ3) is 6.54. The number of hydrogen-bond donors (Lipinski definition) is 1. The summed E-state index contributed by atoms with van der Waals surface area (Å²) in [6.07, 6.45) is -10.1. The Kier molecular flexibility index (Phi) is 8.28. The molecule has 1 N–H and O–H groups in total. The Morgan fingerprint density at radius 3 is 2.04 bits per heavy atom. The van der Waals surface area contributed by atoms with Gasteiger partial charge in [0, 0.05) is 34.1 Å². The summed E-state index contributed by atoms with van der Waals surface area (Å²) in [6, 6.07) is 20.0. The first-order valence-corrected chi connectivity index (χ1v) is 17.2. The van der Waals surface area contributed by atoms with Crippen LogP contribution in [0.25, 0.3) is 11.1 Å². The van der Waals surface area contributed by atoms with E-state index < -0.39 is 50.0 Å². The monoisotopic (exact) mass is 704 g/mol. The fourth-order valence-corrected chi connectivity index (χ4v) is 8.68. The molecule has 5 unspecified atom stereocenters. The topological polar surface area (TPSA) is 74.2 Å². The third-order valence-corrected chi connectivity index (χ3v) is 10.8. The molecule has 0 saturated carbocycles. The zero-order valence-corrected chi connectivity index (χ0v) is 27.1. The van der Waals surface area contributed by atoms with E-state index in [9.17, 15) is 35.8 Å². The summed E-state index contributed by atoms with van der Waals surface area (Å²) in [5.74, 6) is -2.58. The van der Waals surface area contributed by atoms with E-state index in [4.69, 9.17) is 9.05 Å². The molecule has 13 heteroatoms. The molecule has 0 amide bonds. The Morgan fingerprint density at radius 2 is 1.33 bits per heavy atom. The lowest BCUT2D eigenvalue weighted by molar-refractivity contribution is -0.275. The van der Waals surface area contributed by atoms with Crippen LogP contribution in [-0.2, 0) is 28.4 Å². The number of ether oxygens (including phenoxy) is 2. The summed E-state index contributed by atoms with van der Waals surface area (Å²) in [6.45, 7) is 4.15. The van der Waals surface area contributed by atoms with Gasteiger partial charge in [-0.05, 0) is 71.6 Å². The minimum Gasteiger partial charge on any atom is -0.405 e. The fourth-order valence-electron chi connectivity index (χ4n) is 7.63. The number of hydrogen-bond acceptors (Lipinski definition) is 5. The van der Waals surface area contributed by atoms with Gasteiger partial charge in [-0.2, -0.15) is 0 Å². The summed E-state index contributed by atoms with van der Waals surface area (Å²) in [7, 11) is -5.07. The average molecular weight is 705 g/mol. The van der Waals surface area contributed by atoms with Gasteiger partial charge in [0.2, 0.25) is 0 Å². The lowest BCUT2D eigenvalue weighted by Crippen LogP contribution is -2.36. The Bertz CT molecular complexity index is 1960. The highest BCUT2D eigenvalue weighted by Gasteiger charge is 2.51. The molecule has 6 nitrogen and oxygen atoms in total. The lowest BCUT2D eigenvalue weighted by Gasteiger charge is -2.41. The molecule has 0 radical (unpaired) electrons. The highest BCUT2D eigenvalue weighted by molar-refractivity contribution is 7.47. The maximum absolute atomic E-state index is 13.9. The molecule has 1 heterocycles. The molecule has 0 spiro atoms. The van der Waals surface area contributed by atoms with Crippen LogP contribution in [0.1, 0.15) is 59.1 Å². The summed E-state index contributed by atoms with van der Waals surface area (Å²) >= 11 is 0. The van der Waals surface area contributed by atoms with Gasteiger partial charge in [-0.3, -0.25) is 9.42 Å². The zero-order valence-electron chi connectivity index (χ0n) is 26.2. The highest BCUT2D eigenvalue weighted by atomic mass is 31.2. The second kappa shape index (κ2) is 12.1. The predicted octanol–water partition coefficient (Wildman–Crippen LogP) is 9.87. The van der Waals surface area contributed by atoms with Gasteiger partial charge in [0.1, 0.15) is 17.2 Å². The molecule has 1 aliphatic heterocycles. The molecule has 258 valence electrons. The molecule has 6 atom stereocenters. The highest BCUT2D eigenvalue weighted by Crippen LogP contribution is 2.63. The van der Waals surface area contributed by atoms with Crippen molar-refractivity contribution in [1.29, 1.82) is 0 Å². The molecule has 49 heavy (non-hydrogen) atoms. The maximum Gasteiger partial charge on any atom is 0.573 e. The second-order valence-corrected chi connectivity index (χ2v) is 14.2. The van der Waals surface area contributed by atoms with Crippen molar-refractivity contribution < 1.29 is 54.3 Å². The van der Waals surface area contributed by atoms with Gasteiger partial charge in [-0.15, -0.1) is 26.3 Å². The molecular formula is C36H31F6O6P. The van der Waals surface area contributed by atoms with Gasteiger partial charge in [0.15, 0.2) is 0 Å². The Labute approximate surface area is 278 Å². The molecular weight excluding hydrogens is 673 g/mol. The molecule has 7 rings (SSSR count). The van der Waals surface area contributed by atoms with E-state index >= 15 is 0 Å². The molecule has 0 aromatic heterocycles. The van der Waals surface area contributed by atoms with Crippen LogP contribution in [-0.4, -0.2) is 23.7 Å². The van der Waals surface area contributed by atoms with Crippen molar-refractivity contribution in [3.05, 3.63) is 112 Å². The molecule has 0 saturated heterocycles. The number of benzene rings is 4. The van der Waals surface area contributed by atoms with Crippen molar-refractivity contribution in [2.75, 3.05) is 0 Å². The zero-order chi connectivity index (χ0) is 34.9. The van der Waals surface area contributed by atoms with E-state index in [1.807, 2.05) is 12.1 Å². The average Bonchev–Trinajstić information content (AvgIpc) is 3.14. The number of para-hydroxylation sites is 2. The Balaban J connectivity index is 1.54. The van der Waals surface area contributed by atoms with Crippen LogP contribution in [0.15, 0.2) is 78.9 Å². The van der Waals surface area contributed by atoms with Crippen molar-refractivity contribution in [3.63, 3.8) is 0 Å². The lowest BCUT2D eigenvalue weighted by atomic mass is 9.65. The smallest absolute Gasteiger partial charge is 0.405 e. The fraction of sp³-hybridized carbons (Fsp3) is 0.333. The number of rotatable bonds is 4. The summed E-state index contributed by atoms with van der Waals surface area (Å²) in [5.41, 5.74) is 3.74. The Hall–Kier alpha value is -3.99. The maximum atomic E-state index is 13.9. The number of phosphoric acid groups is 1. The van der Waals surface area contributed by atoms with Gasteiger partial charge >= 0.3 is 20.5 Å². The quantitative estimate of drug-likeness (QED) is 0.169. The minimum absolute atomic E-state index is 0.0202. The van der Waals surface area contributed by atoms with Crippen molar-refractivity contribution >= 4 is 7.82 Å². The normalized spacial score (nSPS) is 26.3. The summed E-state index contributed by atoms with van der Waals surface area (Å²) < 4.78 is 116. The van der Waals surface area contributed by atoms with Crippen LogP contribution in [0.4, 0.5) is 26.3 Å². The van der Waals surface area contributed by atoms with E-state index in [0.29, 0.717) is 24.0 Å². The van der Waals surface area contributed by atoms with Crippen molar-refractivity contribution in [2.24, 2.45) is 11.8 Å². The van der Waals surface area contributed by atoms with E-state index in [2.05, 4.69) is 23.3 Å². The first-order chi connectivity index (χ1) is 23.1. The first kappa shape index (κ1) is 33.5. The molecule has 3 aliphatic rings. The Morgan fingerprint density at radius 1 is 0.735 bits per heavy atom. The van der Waals surface area contributed by atoms with Gasteiger partial charge in [-0.25, -0.2) is 4.57 Å². The van der Waals surface area contributed by atoms with Crippen LogP contribution in [0.5, 0.6) is 17.2 Å². The van der Waals surface area contributed by atoms with Crippen LogP contribution < -0.4 is 14.0 Å². The standard InChI is InChI=1S/C36H31F6O6P/c1-19-15-22-18-28(25-12-6-8-14-30(25)46-36(40,41)42)34-32(26(22)16-20(19)2)31-23-10-4-3-9-21(23)17-27(33(31)47-49(43,44)48-34)24-11-5-7-13-29(24)45-35(37,38)39/h3-14,18-20,27,31,33H,15-17H2,1-2H3,(H,43,44)/t19?,20?,27?,31-,33?/m1/s1. The van der Waals surface area contributed by atoms with E-state index in [0.717, 1.165) is 22.8 Å². The summed E-state index contributed by atoms with van der Waals surface area (Å²) in [5, 5.41) is 0. The summed E-state index contributed by atoms with van der Waals surface area (Å²) in [4.78, 5) is 11.3. The molecule has 4 aromatic rings. The van der Waals surface area contributed by atoms with Crippen LogP contribution >= 0.6 is 7.82 Å².